The predicted octanol–water partition coefficient (Wildman–Crippen LogP) is 1.51. The Hall–Kier alpha value is -1.86. The van der Waals surface area contributed by atoms with Gasteiger partial charge in [0.15, 0.2) is 0 Å². The molecule has 3 N–H and O–H groups in total. The van der Waals surface area contributed by atoms with E-state index in [1.54, 1.807) is 0 Å². The monoisotopic (exact) mass is 344 g/mol. The Morgan fingerprint density at radius 1 is 1.35 bits per heavy atom. The highest BCUT2D eigenvalue weighted by molar-refractivity contribution is 5.98. The van der Waals surface area contributed by atoms with Gasteiger partial charge < -0.3 is 16.0 Å². The molecule has 128 valence electrons. The summed E-state index contributed by atoms with van der Waals surface area (Å²) in [6, 6.07) is 3.89. The summed E-state index contributed by atoms with van der Waals surface area (Å²) < 4.78 is 13.8. The number of benzene rings is 1. The maximum absolute atomic E-state index is 13.8. The van der Waals surface area contributed by atoms with Gasteiger partial charge in [0, 0.05) is 31.9 Å². The van der Waals surface area contributed by atoms with Crippen LogP contribution in [0, 0.1) is 5.82 Å². The van der Waals surface area contributed by atoms with Gasteiger partial charge in [-0.25, -0.2) is 9.18 Å². The Bertz CT molecular complexity index is 556. The van der Waals surface area contributed by atoms with Crippen LogP contribution in [0.2, 0.25) is 0 Å². The van der Waals surface area contributed by atoms with Crippen LogP contribution in [-0.2, 0) is 0 Å². The summed E-state index contributed by atoms with van der Waals surface area (Å²) in [6.45, 7) is 5.04. The SMILES string of the molecule is CCCNCCNC(=O)c1cc(N2CCNC2=O)ccc1F.Cl. The van der Waals surface area contributed by atoms with Gasteiger partial charge in [-0.05, 0) is 31.2 Å². The maximum atomic E-state index is 13.8. The molecule has 1 heterocycles. The van der Waals surface area contributed by atoms with E-state index in [9.17, 15) is 14.0 Å². The lowest BCUT2D eigenvalue weighted by molar-refractivity contribution is 0.0950. The highest BCUT2D eigenvalue weighted by Crippen LogP contribution is 2.20. The predicted molar refractivity (Wildman–Crippen MR) is 89.9 cm³/mol. The fourth-order valence-electron chi connectivity index (χ4n) is 2.23. The number of hydrogen-bond acceptors (Lipinski definition) is 3. The Labute approximate surface area is 141 Å². The third-order valence-electron chi connectivity index (χ3n) is 3.38. The van der Waals surface area contributed by atoms with Gasteiger partial charge in [-0.15, -0.1) is 12.4 Å². The summed E-state index contributed by atoms with van der Waals surface area (Å²) in [6.07, 6.45) is 1.02. The second-order valence-electron chi connectivity index (χ2n) is 5.05. The number of hydrogen-bond donors (Lipinski definition) is 3. The summed E-state index contributed by atoms with van der Waals surface area (Å²) in [5.41, 5.74) is 0.471. The van der Waals surface area contributed by atoms with Crippen molar-refractivity contribution in [2.24, 2.45) is 0 Å². The number of carbonyl (C=O) groups is 2. The van der Waals surface area contributed by atoms with Crippen LogP contribution in [0.3, 0.4) is 0 Å². The van der Waals surface area contributed by atoms with Crippen molar-refractivity contribution in [2.75, 3.05) is 37.6 Å². The van der Waals surface area contributed by atoms with Gasteiger partial charge >= 0.3 is 6.03 Å². The molecule has 2 rings (SSSR count). The molecule has 1 aromatic rings. The largest absolute Gasteiger partial charge is 0.351 e. The number of halogens is 2. The molecule has 0 radical (unpaired) electrons. The molecular formula is C15H22ClFN4O2. The number of urea groups is 1. The Balaban J connectivity index is 0.00000264. The summed E-state index contributed by atoms with van der Waals surface area (Å²) in [7, 11) is 0. The van der Waals surface area contributed by atoms with Crippen LogP contribution in [0.1, 0.15) is 23.7 Å². The van der Waals surface area contributed by atoms with Crippen molar-refractivity contribution in [1.82, 2.24) is 16.0 Å². The van der Waals surface area contributed by atoms with E-state index in [-0.39, 0.29) is 24.0 Å². The molecular weight excluding hydrogens is 323 g/mol. The van der Waals surface area contributed by atoms with E-state index < -0.39 is 11.7 Å². The minimum absolute atomic E-state index is 0. The first-order chi connectivity index (χ1) is 10.6. The van der Waals surface area contributed by atoms with Crippen molar-refractivity contribution in [3.8, 4) is 0 Å². The van der Waals surface area contributed by atoms with Crippen LogP contribution < -0.4 is 20.9 Å². The highest BCUT2D eigenvalue weighted by Gasteiger charge is 2.23. The Morgan fingerprint density at radius 3 is 2.78 bits per heavy atom. The molecule has 0 unspecified atom stereocenters. The van der Waals surface area contributed by atoms with Gasteiger partial charge in [0.2, 0.25) is 0 Å². The fraction of sp³-hybridized carbons (Fsp3) is 0.467. The quantitative estimate of drug-likeness (QED) is 0.656. The lowest BCUT2D eigenvalue weighted by Gasteiger charge is -2.15. The van der Waals surface area contributed by atoms with E-state index in [1.807, 2.05) is 0 Å². The topological polar surface area (TPSA) is 73.5 Å². The fourth-order valence-corrected chi connectivity index (χ4v) is 2.23. The number of carbonyl (C=O) groups excluding carboxylic acids is 2. The van der Waals surface area contributed by atoms with Crippen LogP contribution in [0.4, 0.5) is 14.9 Å². The third kappa shape index (κ3) is 5.07. The molecule has 3 amide bonds. The molecule has 1 saturated heterocycles. The zero-order valence-electron chi connectivity index (χ0n) is 13.0. The molecule has 1 fully saturated rings. The van der Waals surface area contributed by atoms with Crippen LogP contribution in [0.5, 0.6) is 0 Å². The molecule has 0 atom stereocenters. The van der Waals surface area contributed by atoms with E-state index in [0.717, 1.165) is 13.0 Å². The molecule has 0 bridgehead atoms. The average Bonchev–Trinajstić information content (AvgIpc) is 2.93. The van der Waals surface area contributed by atoms with E-state index in [4.69, 9.17) is 0 Å². The van der Waals surface area contributed by atoms with Gasteiger partial charge in [0.05, 0.1) is 5.56 Å². The molecule has 1 aliphatic heterocycles. The molecule has 23 heavy (non-hydrogen) atoms. The van der Waals surface area contributed by atoms with Gasteiger partial charge in [-0.1, -0.05) is 6.92 Å². The Morgan fingerprint density at radius 2 is 2.13 bits per heavy atom. The minimum atomic E-state index is -0.595. The highest BCUT2D eigenvalue weighted by atomic mass is 35.5. The molecule has 8 heteroatoms. The van der Waals surface area contributed by atoms with Crippen LogP contribution in [-0.4, -0.2) is 44.7 Å². The summed E-state index contributed by atoms with van der Waals surface area (Å²) in [5, 5.41) is 8.49. The van der Waals surface area contributed by atoms with E-state index in [2.05, 4.69) is 22.9 Å². The smallest absolute Gasteiger partial charge is 0.321 e. The first kappa shape index (κ1) is 19.2. The van der Waals surface area contributed by atoms with Gasteiger partial charge in [0.1, 0.15) is 5.82 Å². The van der Waals surface area contributed by atoms with Gasteiger partial charge in [-0.3, -0.25) is 9.69 Å². The number of nitrogens with zero attached hydrogens (tertiary/aromatic N) is 1. The number of rotatable bonds is 7. The molecule has 0 saturated carbocycles. The standard InChI is InChI=1S/C15H21FN4O2.ClH/c1-2-5-17-6-7-18-14(21)12-10-11(3-4-13(12)16)20-9-8-19-15(20)22;/h3-4,10,17H,2,5-9H2,1H3,(H,18,21)(H,19,22);1H. The molecule has 1 aromatic carbocycles. The number of amides is 3. The average molecular weight is 345 g/mol. The molecule has 0 aliphatic carbocycles. The van der Waals surface area contributed by atoms with E-state index >= 15 is 0 Å². The molecule has 0 spiro atoms. The minimum Gasteiger partial charge on any atom is -0.351 e. The van der Waals surface area contributed by atoms with Crippen molar-refractivity contribution in [1.29, 1.82) is 0 Å². The number of nitrogens with one attached hydrogen (secondary N) is 3. The van der Waals surface area contributed by atoms with E-state index in [1.165, 1.54) is 23.1 Å². The van der Waals surface area contributed by atoms with Crippen LogP contribution in [0.15, 0.2) is 18.2 Å². The zero-order valence-corrected chi connectivity index (χ0v) is 13.8. The second-order valence-corrected chi connectivity index (χ2v) is 5.05. The zero-order chi connectivity index (χ0) is 15.9. The lowest BCUT2D eigenvalue weighted by Crippen LogP contribution is -2.33. The van der Waals surface area contributed by atoms with Crippen molar-refractivity contribution in [3.63, 3.8) is 0 Å². The van der Waals surface area contributed by atoms with Crippen molar-refractivity contribution in [2.45, 2.75) is 13.3 Å². The first-order valence-electron chi connectivity index (χ1n) is 7.47. The van der Waals surface area contributed by atoms with Crippen molar-refractivity contribution < 1.29 is 14.0 Å². The van der Waals surface area contributed by atoms with Gasteiger partial charge in [0.25, 0.3) is 5.91 Å². The van der Waals surface area contributed by atoms with E-state index in [0.29, 0.717) is 31.9 Å². The first-order valence-corrected chi connectivity index (χ1v) is 7.47. The van der Waals surface area contributed by atoms with Crippen LogP contribution >= 0.6 is 12.4 Å². The Kier molecular flexibility index (Phi) is 7.77. The van der Waals surface area contributed by atoms with Crippen LogP contribution in [0.25, 0.3) is 0 Å². The molecule has 0 aromatic heterocycles. The number of anilines is 1. The lowest BCUT2D eigenvalue weighted by atomic mass is 10.1. The second kappa shape index (κ2) is 9.32. The van der Waals surface area contributed by atoms with Crippen molar-refractivity contribution >= 4 is 30.0 Å². The summed E-state index contributed by atoms with van der Waals surface area (Å²) in [5.74, 6) is -1.07. The summed E-state index contributed by atoms with van der Waals surface area (Å²) >= 11 is 0. The normalized spacial score (nSPS) is 13.5. The summed E-state index contributed by atoms with van der Waals surface area (Å²) in [4.78, 5) is 25.2. The molecule has 1 aliphatic rings. The third-order valence-corrected chi connectivity index (χ3v) is 3.38. The molecule has 6 nitrogen and oxygen atoms in total. The maximum Gasteiger partial charge on any atom is 0.321 e. The van der Waals surface area contributed by atoms with Gasteiger partial charge in [-0.2, -0.15) is 0 Å². The van der Waals surface area contributed by atoms with Crippen molar-refractivity contribution in [3.05, 3.63) is 29.6 Å².